The van der Waals surface area contributed by atoms with E-state index in [1.54, 1.807) is 18.5 Å². The quantitative estimate of drug-likeness (QED) is 0.803. The minimum atomic E-state index is -3.38. The molecule has 1 aromatic rings. The Balaban J connectivity index is 2.92. The Hall–Kier alpha value is -0.690. The summed E-state index contributed by atoms with van der Waals surface area (Å²) in [5, 5.41) is 4.68. The molecule has 1 aromatic heterocycles. The van der Waals surface area contributed by atoms with Crippen LogP contribution in [0.5, 0.6) is 0 Å². The molecule has 0 atom stereocenters. The molecule has 0 aliphatic heterocycles. The molecule has 1 rings (SSSR count). The molecule has 0 aromatic carbocycles. The van der Waals surface area contributed by atoms with Crippen molar-refractivity contribution in [2.45, 2.75) is 18.4 Å². The van der Waals surface area contributed by atoms with Crippen LogP contribution in [0.25, 0.3) is 0 Å². The summed E-state index contributed by atoms with van der Waals surface area (Å²) in [5.41, 5.74) is 0.821. The van der Waals surface area contributed by atoms with Crippen LogP contribution in [0.2, 0.25) is 0 Å². The topological polar surface area (TPSA) is 49.4 Å². The average molecular weight is 274 g/mol. The van der Waals surface area contributed by atoms with Crippen molar-refractivity contribution in [3.63, 3.8) is 0 Å². The van der Waals surface area contributed by atoms with Crippen molar-refractivity contribution in [1.29, 1.82) is 0 Å². The SMILES string of the molecule is C=C(C)CN(C)S(=O)(=O)c1csc(CNC)c1. The second-order valence-electron chi connectivity index (χ2n) is 4.00. The molecule has 96 valence electrons. The van der Waals surface area contributed by atoms with Gasteiger partial charge in [0, 0.05) is 30.4 Å². The van der Waals surface area contributed by atoms with Gasteiger partial charge in [0.25, 0.3) is 0 Å². The monoisotopic (exact) mass is 274 g/mol. The lowest BCUT2D eigenvalue weighted by Crippen LogP contribution is -2.28. The number of sulfonamides is 1. The number of hydrogen-bond acceptors (Lipinski definition) is 4. The molecule has 4 nitrogen and oxygen atoms in total. The molecule has 0 saturated heterocycles. The first-order valence-electron chi connectivity index (χ1n) is 5.20. The highest BCUT2D eigenvalue weighted by molar-refractivity contribution is 7.89. The lowest BCUT2D eigenvalue weighted by Gasteiger charge is -2.15. The summed E-state index contributed by atoms with van der Waals surface area (Å²) in [6.07, 6.45) is 0. The molecule has 17 heavy (non-hydrogen) atoms. The molecular weight excluding hydrogens is 256 g/mol. The van der Waals surface area contributed by atoms with Gasteiger partial charge in [0.15, 0.2) is 0 Å². The van der Waals surface area contributed by atoms with E-state index in [4.69, 9.17) is 0 Å². The summed E-state index contributed by atoms with van der Waals surface area (Å²) >= 11 is 1.45. The van der Waals surface area contributed by atoms with Crippen molar-refractivity contribution in [2.24, 2.45) is 0 Å². The average Bonchev–Trinajstić information content (AvgIpc) is 2.66. The third-order valence-electron chi connectivity index (χ3n) is 2.18. The van der Waals surface area contributed by atoms with Crippen LogP contribution in [0.1, 0.15) is 11.8 Å². The first-order chi connectivity index (χ1) is 7.87. The molecule has 0 fully saturated rings. The zero-order valence-corrected chi connectivity index (χ0v) is 12.0. The van der Waals surface area contributed by atoms with Crippen molar-refractivity contribution < 1.29 is 8.42 Å². The van der Waals surface area contributed by atoms with E-state index in [-0.39, 0.29) is 0 Å². The summed E-state index contributed by atoms with van der Waals surface area (Å²) in [6, 6.07) is 1.71. The summed E-state index contributed by atoms with van der Waals surface area (Å²) in [4.78, 5) is 1.37. The fourth-order valence-corrected chi connectivity index (χ4v) is 3.91. The predicted molar refractivity (Wildman–Crippen MR) is 71.7 cm³/mol. The highest BCUT2D eigenvalue weighted by Crippen LogP contribution is 2.22. The number of hydrogen-bond donors (Lipinski definition) is 1. The second kappa shape index (κ2) is 5.77. The maximum Gasteiger partial charge on any atom is 0.243 e. The van der Waals surface area contributed by atoms with Gasteiger partial charge in [-0.05, 0) is 20.0 Å². The summed E-state index contributed by atoms with van der Waals surface area (Å²) in [5.74, 6) is 0. The highest BCUT2D eigenvalue weighted by Gasteiger charge is 2.21. The first kappa shape index (κ1) is 14.4. The summed E-state index contributed by atoms with van der Waals surface area (Å²) in [6.45, 7) is 6.57. The van der Waals surface area contributed by atoms with E-state index < -0.39 is 10.0 Å². The van der Waals surface area contributed by atoms with Gasteiger partial charge in [-0.2, -0.15) is 4.31 Å². The Morgan fingerprint density at radius 1 is 1.59 bits per heavy atom. The Labute approximate surface area is 107 Å². The molecule has 0 radical (unpaired) electrons. The van der Waals surface area contributed by atoms with E-state index in [1.807, 2.05) is 14.0 Å². The van der Waals surface area contributed by atoms with E-state index in [0.717, 1.165) is 10.5 Å². The van der Waals surface area contributed by atoms with Crippen LogP contribution in [-0.4, -0.2) is 33.4 Å². The number of nitrogens with one attached hydrogen (secondary N) is 1. The van der Waals surface area contributed by atoms with Crippen molar-refractivity contribution in [3.05, 3.63) is 28.5 Å². The van der Waals surface area contributed by atoms with Gasteiger partial charge in [-0.25, -0.2) is 8.42 Å². The number of nitrogens with zero attached hydrogens (tertiary/aromatic N) is 1. The molecule has 1 N–H and O–H groups in total. The smallest absolute Gasteiger partial charge is 0.243 e. The number of rotatable bonds is 6. The molecule has 0 bridgehead atoms. The van der Waals surface area contributed by atoms with E-state index in [0.29, 0.717) is 18.0 Å². The third-order valence-corrected chi connectivity index (χ3v) is 5.05. The van der Waals surface area contributed by atoms with Crippen molar-refractivity contribution in [1.82, 2.24) is 9.62 Å². The van der Waals surface area contributed by atoms with Crippen LogP contribution >= 0.6 is 11.3 Å². The zero-order chi connectivity index (χ0) is 13.1. The molecule has 0 amide bonds. The van der Waals surface area contributed by atoms with Gasteiger partial charge in [0.2, 0.25) is 10.0 Å². The van der Waals surface area contributed by atoms with Crippen LogP contribution in [0.15, 0.2) is 28.5 Å². The maximum atomic E-state index is 12.2. The fraction of sp³-hybridized carbons (Fsp3) is 0.455. The Morgan fingerprint density at radius 2 is 2.24 bits per heavy atom. The zero-order valence-electron chi connectivity index (χ0n) is 10.4. The van der Waals surface area contributed by atoms with Crippen molar-refractivity contribution >= 4 is 21.4 Å². The van der Waals surface area contributed by atoms with Gasteiger partial charge in [-0.1, -0.05) is 12.2 Å². The van der Waals surface area contributed by atoms with E-state index in [2.05, 4.69) is 11.9 Å². The molecule has 1 heterocycles. The maximum absolute atomic E-state index is 12.2. The van der Waals surface area contributed by atoms with Crippen molar-refractivity contribution in [2.75, 3.05) is 20.6 Å². The molecule has 0 aliphatic carbocycles. The van der Waals surface area contributed by atoms with E-state index in [9.17, 15) is 8.42 Å². The van der Waals surface area contributed by atoms with Gasteiger partial charge < -0.3 is 5.32 Å². The summed E-state index contributed by atoms with van der Waals surface area (Å²) < 4.78 is 25.6. The van der Waals surface area contributed by atoms with Crippen LogP contribution in [0.3, 0.4) is 0 Å². The summed E-state index contributed by atoms with van der Waals surface area (Å²) in [7, 11) is 0.0269. The molecule has 0 aliphatic rings. The van der Waals surface area contributed by atoms with Crippen LogP contribution in [-0.2, 0) is 16.6 Å². The fourth-order valence-electron chi connectivity index (χ4n) is 1.41. The molecule has 0 spiro atoms. The van der Waals surface area contributed by atoms with Crippen LogP contribution < -0.4 is 5.32 Å². The van der Waals surface area contributed by atoms with Gasteiger partial charge in [0.1, 0.15) is 0 Å². The predicted octanol–water partition coefficient (Wildman–Crippen LogP) is 1.66. The normalized spacial score (nSPS) is 12.0. The largest absolute Gasteiger partial charge is 0.315 e. The van der Waals surface area contributed by atoms with Gasteiger partial charge in [-0.15, -0.1) is 11.3 Å². The van der Waals surface area contributed by atoms with Gasteiger partial charge in [-0.3, -0.25) is 0 Å². The molecular formula is C11H18N2O2S2. The van der Waals surface area contributed by atoms with Crippen LogP contribution in [0, 0.1) is 0 Å². The third kappa shape index (κ3) is 3.64. The second-order valence-corrected chi connectivity index (χ2v) is 7.04. The molecule has 0 saturated carbocycles. The van der Waals surface area contributed by atoms with E-state index in [1.165, 1.54) is 15.6 Å². The first-order valence-corrected chi connectivity index (χ1v) is 7.52. The van der Waals surface area contributed by atoms with Gasteiger partial charge in [0.05, 0.1) is 4.90 Å². The van der Waals surface area contributed by atoms with Crippen LogP contribution in [0.4, 0.5) is 0 Å². The lowest BCUT2D eigenvalue weighted by atomic mass is 10.4. The highest BCUT2D eigenvalue weighted by atomic mass is 32.2. The van der Waals surface area contributed by atoms with Crippen molar-refractivity contribution in [3.8, 4) is 0 Å². The Bertz CT molecular complexity index is 491. The number of likely N-dealkylation sites (N-methyl/N-ethyl adjacent to an activating group) is 1. The number of thiophene rings is 1. The Kier molecular flexibility index (Phi) is 4.88. The molecule has 6 heteroatoms. The van der Waals surface area contributed by atoms with E-state index >= 15 is 0 Å². The lowest BCUT2D eigenvalue weighted by molar-refractivity contribution is 0.493. The Morgan fingerprint density at radius 3 is 2.76 bits per heavy atom. The molecule has 0 unspecified atom stereocenters. The standard InChI is InChI=1S/C11H18N2O2S2/c1-9(2)7-13(4)17(14,15)11-5-10(6-12-3)16-8-11/h5,8,12H,1,6-7H2,2-4H3. The van der Waals surface area contributed by atoms with Gasteiger partial charge >= 0.3 is 0 Å². The minimum absolute atomic E-state index is 0.347. The minimum Gasteiger partial charge on any atom is -0.315 e.